The van der Waals surface area contributed by atoms with E-state index in [0.717, 1.165) is 0 Å². The van der Waals surface area contributed by atoms with Crippen molar-refractivity contribution < 1.29 is 0 Å². The van der Waals surface area contributed by atoms with Crippen molar-refractivity contribution in [3.63, 3.8) is 0 Å². The second-order valence-electron chi connectivity index (χ2n) is 6.21. The van der Waals surface area contributed by atoms with Crippen molar-refractivity contribution in [1.82, 2.24) is 0 Å². The first-order valence-corrected chi connectivity index (χ1v) is 8.07. The maximum absolute atomic E-state index is 2.26. The summed E-state index contributed by atoms with van der Waals surface area (Å²) < 4.78 is 0. The van der Waals surface area contributed by atoms with Gasteiger partial charge in [-0.15, -0.1) is 0 Å². The Morgan fingerprint density at radius 1 is 0.435 bits per heavy atom. The molecule has 0 radical (unpaired) electrons. The summed E-state index contributed by atoms with van der Waals surface area (Å²) in [5.74, 6) is 0. The van der Waals surface area contributed by atoms with Crippen LogP contribution in [-0.4, -0.2) is 0 Å². The van der Waals surface area contributed by atoms with Crippen LogP contribution in [0.25, 0.3) is 22.3 Å². The van der Waals surface area contributed by atoms with Gasteiger partial charge in [-0.1, -0.05) is 78.9 Å². The lowest BCUT2D eigenvalue weighted by Gasteiger charge is -2.09. The van der Waals surface area contributed by atoms with Crippen LogP contribution in [0.1, 0.15) is 34.7 Å². The van der Waals surface area contributed by atoms with E-state index in [4.69, 9.17) is 0 Å². The smallest absolute Gasteiger partial charge is 0.00113 e. The van der Waals surface area contributed by atoms with Crippen LogP contribution < -0.4 is 0 Å². The van der Waals surface area contributed by atoms with Crippen molar-refractivity contribution in [2.75, 3.05) is 0 Å². The van der Waals surface area contributed by atoms with Crippen molar-refractivity contribution in [1.29, 1.82) is 0 Å². The van der Waals surface area contributed by atoms with Gasteiger partial charge in [0.2, 0.25) is 0 Å². The number of fused-ring (bicyclic) bond motifs is 5. The molecule has 0 saturated heterocycles. The van der Waals surface area contributed by atoms with E-state index < -0.39 is 0 Å². The van der Waals surface area contributed by atoms with Crippen LogP contribution in [0.4, 0.5) is 0 Å². The van der Waals surface area contributed by atoms with Gasteiger partial charge in [-0.2, -0.15) is 0 Å². The quantitative estimate of drug-likeness (QED) is 0.523. The average Bonchev–Trinajstić information content (AvgIpc) is 3.10. The summed E-state index contributed by atoms with van der Waals surface area (Å²) in [6.07, 6.45) is 0. The van der Waals surface area contributed by atoms with Crippen molar-refractivity contribution in [2.24, 2.45) is 0 Å². The Labute approximate surface area is 136 Å². The maximum Gasteiger partial charge on any atom is -0.00113 e. The lowest BCUT2D eigenvalue weighted by atomic mass is 9.94. The van der Waals surface area contributed by atoms with E-state index in [1.165, 1.54) is 50.1 Å². The van der Waals surface area contributed by atoms with Gasteiger partial charge in [0.15, 0.2) is 0 Å². The molecule has 2 aliphatic rings. The number of rotatable bonds is 1. The Balaban J connectivity index is 1.94. The van der Waals surface area contributed by atoms with Gasteiger partial charge < -0.3 is 0 Å². The summed E-state index contributed by atoms with van der Waals surface area (Å²) in [5, 5.41) is 0. The standard InChI is InChI=1S/C23H16/c1-15-17-11-5-6-12-18(17)23-21(15)19-13-7-8-14-20(19)22(23)16-9-3-2-4-10-16/h2-14H,1H3. The molecular formula is C23H16. The lowest BCUT2D eigenvalue weighted by Crippen LogP contribution is -1.89. The first-order valence-electron chi connectivity index (χ1n) is 8.07. The zero-order valence-corrected chi connectivity index (χ0v) is 13.0. The normalized spacial score (nSPS) is 14.8. The van der Waals surface area contributed by atoms with Crippen LogP contribution in [0, 0.1) is 0 Å². The highest BCUT2D eigenvalue weighted by Gasteiger charge is 2.34. The van der Waals surface area contributed by atoms with E-state index in [9.17, 15) is 0 Å². The Kier molecular flexibility index (Phi) is 2.51. The predicted molar refractivity (Wildman–Crippen MR) is 97.7 cm³/mol. The molecule has 0 heteroatoms. The first-order chi connectivity index (χ1) is 11.4. The van der Waals surface area contributed by atoms with Gasteiger partial charge in [0.1, 0.15) is 0 Å². The summed E-state index contributed by atoms with van der Waals surface area (Å²) in [4.78, 5) is 0. The molecule has 5 rings (SSSR count). The fourth-order valence-electron chi connectivity index (χ4n) is 4.04. The maximum atomic E-state index is 2.26. The summed E-state index contributed by atoms with van der Waals surface area (Å²) in [7, 11) is 0. The van der Waals surface area contributed by atoms with Crippen LogP contribution in [0.3, 0.4) is 0 Å². The van der Waals surface area contributed by atoms with E-state index >= 15 is 0 Å². The van der Waals surface area contributed by atoms with Crippen molar-refractivity contribution in [3.05, 3.63) is 107 Å². The molecule has 0 spiro atoms. The Hall–Kier alpha value is -2.86. The first kappa shape index (κ1) is 12.7. The number of hydrogen-bond acceptors (Lipinski definition) is 0. The van der Waals surface area contributed by atoms with Crippen molar-refractivity contribution >= 4 is 22.3 Å². The van der Waals surface area contributed by atoms with Crippen LogP contribution in [0.5, 0.6) is 0 Å². The number of allylic oxidation sites excluding steroid dienone is 3. The highest BCUT2D eigenvalue weighted by molar-refractivity contribution is 6.33. The molecule has 108 valence electrons. The topological polar surface area (TPSA) is 0 Å². The summed E-state index contributed by atoms with van der Waals surface area (Å²) in [6, 6.07) is 28.4. The minimum absolute atomic E-state index is 1.30. The van der Waals surface area contributed by atoms with Gasteiger partial charge >= 0.3 is 0 Å². The number of hydrogen-bond donors (Lipinski definition) is 0. The minimum Gasteiger partial charge on any atom is -0.0622 e. The van der Waals surface area contributed by atoms with Crippen LogP contribution in [0.15, 0.2) is 78.9 Å². The molecule has 0 heterocycles. The molecule has 2 aliphatic carbocycles. The second-order valence-corrected chi connectivity index (χ2v) is 6.21. The van der Waals surface area contributed by atoms with Crippen LogP contribution >= 0.6 is 0 Å². The SMILES string of the molecule is CC1=C2C(=C(c3ccccc3)c3ccccc32)c2ccccc21. The Morgan fingerprint density at radius 2 is 0.913 bits per heavy atom. The highest BCUT2D eigenvalue weighted by Crippen LogP contribution is 2.56. The molecule has 0 atom stereocenters. The van der Waals surface area contributed by atoms with E-state index in [-0.39, 0.29) is 0 Å². The van der Waals surface area contributed by atoms with Gasteiger partial charge in [0.05, 0.1) is 0 Å². The molecule has 3 aromatic carbocycles. The summed E-state index contributed by atoms with van der Waals surface area (Å²) in [6.45, 7) is 2.26. The minimum atomic E-state index is 1.30. The third-order valence-electron chi connectivity index (χ3n) is 5.00. The van der Waals surface area contributed by atoms with Gasteiger partial charge in [0.25, 0.3) is 0 Å². The van der Waals surface area contributed by atoms with Gasteiger partial charge in [0, 0.05) is 0 Å². The summed E-state index contributed by atoms with van der Waals surface area (Å²) in [5.41, 5.74) is 12.4. The molecule has 0 aromatic heterocycles. The molecule has 0 fully saturated rings. The van der Waals surface area contributed by atoms with E-state index in [0.29, 0.717) is 0 Å². The van der Waals surface area contributed by atoms with Crippen LogP contribution in [0.2, 0.25) is 0 Å². The molecule has 23 heavy (non-hydrogen) atoms. The Bertz CT molecular complexity index is 1000. The molecule has 0 nitrogen and oxygen atoms in total. The predicted octanol–water partition coefficient (Wildman–Crippen LogP) is 5.90. The van der Waals surface area contributed by atoms with Gasteiger partial charge in [-0.05, 0) is 57.0 Å². The van der Waals surface area contributed by atoms with E-state index in [1.807, 2.05) is 0 Å². The zero-order chi connectivity index (χ0) is 15.4. The average molecular weight is 292 g/mol. The lowest BCUT2D eigenvalue weighted by molar-refractivity contribution is 1.53. The molecule has 0 saturated carbocycles. The molecule has 0 unspecified atom stereocenters. The molecule has 0 amide bonds. The van der Waals surface area contributed by atoms with Gasteiger partial charge in [-0.3, -0.25) is 0 Å². The summed E-state index contributed by atoms with van der Waals surface area (Å²) >= 11 is 0. The second kappa shape index (κ2) is 4.57. The molecule has 0 N–H and O–H groups in total. The third-order valence-corrected chi connectivity index (χ3v) is 5.00. The molecule has 0 aliphatic heterocycles. The van der Waals surface area contributed by atoms with E-state index in [2.05, 4.69) is 85.8 Å². The molecular weight excluding hydrogens is 276 g/mol. The zero-order valence-electron chi connectivity index (χ0n) is 13.0. The third kappa shape index (κ3) is 1.61. The fraction of sp³-hybridized carbons (Fsp3) is 0.0435. The van der Waals surface area contributed by atoms with Crippen molar-refractivity contribution in [3.8, 4) is 0 Å². The van der Waals surface area contributed by atoms with Crippen LogP contribution in [-0.2, 0) is 0 Å². The van der Waals surface area contributed by atoms with Gasteiger partial charge in [-0.25, -0.2) is 0 Å². The highest BCUT2D eigenvalue weighted by atomic mass is 14.4. The molecule has 0 bridgehead atoms. The number of benzene rings is 3. The molecule has 3 aromatic rings. The fourth-order valence-corrected chi connectivity index (χ4v) is 4.04. The van der Waals surface area contributed by atoms with Crippen molar-refractivity contribution in [2.45, 2.75) is 6.92 Å². The Morgan fingerprint density at radius 3 is 1.57 bits per heavy atom. The monoisotopic (exact) mass is 292 g/mol. The largest absolute Gasteiger partial charge is 0.0622 e. The van der Waals surface area contributed by atoms with E-state index in [1.54, 1.807) is 0 Å².